The van der Waals surface area contributed by atoms with Gasteiger partial charge in [0, 0.05) is 44.2 Å². The number of aromatic nitrogens is 1. The van der Waals surface area contributed by atoms with Gasteiger partial charge in [-0.05, 0) is 17.2 Å². The number of non-ortho nitro benzene ring substituents is 1. The molecule has 2 heterocycles. The molecule has 8 heteroatoms. The lowest BCUT2D eigenvalue weighted by Gasteiger charge is -2.36. The Morgan fingerprint density at radius 2 is 2.20 bits per heavy atom. The van der Waals surface area contributed by atoms with Gasteiger partial charge in [-0.3, -0.25) is 19.9 Å². The number of nitrogens with one attached hydrogen (secondary N) is 1. The maximum absolute atomic E-state index is 12.7. The summed E-state index contributed by atoms with van der Waals surface area (Å²) in [5.41, 5.74) is 1.64. The molecule has 132 valence electrons. The van der Waals surface area contributed by atoms with Gasteiger partial charge in [0.15, 0.2) is 0 Å². The third-order valence-corrected chi connectivity index (χ3v) is 4.11. The maximum atomic E-state index is 12.7. The van der Waals surface area contributed by atoms with E-state index in [4.69, 9.17) is 0 Å². The molecular weight excluding hydrogens is 344 g/mol. The van der Waals surface area contributed by atoms with Crippen LogP contribution in [0.25, 0.3) is 0 Å². The number of benzene rings is 1. The summed E-state index contributed by atoms with van der Waals surface area (Å²) in [5.74, 6) is -0.0362. The Balaban J connectivity index is 0.00000225. The molecule has 1 aliphatic heterocycles. The van der Waals surface area contributed by atoms with Crippen LogP contribution in [0, 0.1) is 10.1 Å². The number of rotatable bonds is 4. The zero-order chi connectivity index (χ0) is 16.9. The Morgan fingerprint density at radius 3 is 2.92 bits per heavy atom. The lowest BCUT2D eigenvalue weighted by Crippen LogP contribution is -2.49. The van der Waals surface area contributed by atoms with Crippen LogP contribution in [0.5, 0.6) is 0 Å². The molecule has 7 nitrogen and oxygen atoms in total. The van der Waals surface area contributed by atoms with Gasteiger partial charge in [0.05, 0.1) is 17.4 Å². The molecule has 1 aromatic heterocycles. The summed E-state index contributed by atoms with van der Waals surface area (Å²) in [5, 5.41) is 14.2. The number of nitro benzene ring substituents is 1. The predicted molar refractivity (Wildman–Crippen MR) is 95.6 cm³/mol. The second kappa shape index (κ2) is 8.55. The highest BCUT2D eigenvalue weighted by Gasteiger charge is 2.28. The molecule has 0 bridgehead atoms. The first-order chi connectivity index (χ1) is 11.6. The molecule has 1 N–H and O–H groups in total. The molecule has 1 aromatic carbocycles. The van der Waals surface area contributed by atoms with Crippen molar-refractivity contribution < 1.29 is 9.72 Å². The molecule has 1 atom stereocenters. The van der Waals surface area contributed by atoms with E-state index in [0.29, 0.717) is 18.7 Å². The standard InChI is InChI=1S/C17H18N4O3.ClH/c22-17(10-13-3-1-5-15(9-13)21(23)24)20-8-7-19-12-16(20)14-4-2-6-18-11-14;/h1-6,9,11,16,19H,7-8,10,12H2;1H. The highest BCUT2D eigenvalue weighted by atomic mass is 35.5. The Labute approximate surface area is 151 Å². The molecule has 1 aliphatic rings. The molecule has 0 aliphatic carbocycles. The van der Waals surface area contributed by atoms with Crippen LogP contribution in [-0.2, 0) is 11.2 Å². The van der Waals surface area contributed by atoms with Gasteiger partial charge >= 0.3 is 0 Å². The van der Waals surface area contributed by atoms with Crippen LogP contribution in [0.15, 0.2) is 48.8 Å². The number of pyridine rings is 1. The summed E-state index contributed by atoms with van der Waals surface area (Å²) in [4.78, 5) is 29.1. The van der Waals surface area contributed by atoms with E-state index in [2.05, 4.69) is 10.3 Å². The minimum atomic E-state index is -0.447. The topological polar surface area (TPSA) is 88.4 Å². The van der Waals surface area contributed by atoms with E-state index in [9.17, 15) is 14.9 Å². The first-order valence-corrected chi connectivity index (χ1v) is 7.78. The number of amides is 1. The third-order valence-electron chi connectivity index (χ3n) is 4.11. The molecule has 1 saturated heterocycles. The smallest absolute Gasteiger partial charge is 0.269 e. The Kier molecular flexibility index (Phi) is 6.44. The van der Waals surface area contributed by atoms with Crippen molar-refractivity contribution in [3.05, 3.63) is 70.0 Å². The predicted octanol–water partition coefficient (Wildman–Crippen LogP) is 2.13. The molecule has 0 radical (unpaired) electrons. The van der Waals surface area contributed by atoms with E-state index in [1.54, 1.807) is 24.5 Å². The fraction of sp³-hybridized carbons (Fsp3) is 0.294. The first-order valence-electron chi connectivity index (χ1n) is 7.78. The molecule has 0 spiro atoms. The SMILES string of the molecule is Cl.O=C(Cc1cccc([N+](=O)[O-])c1)N1CCNCC1c1cccnc1. The van der Waals surface area contributed by atoms with Crippen molar-refractivity contribution in [2.75, 3.05) is 19.6 Å². The molecule has 2 aromatic rings. The Bertz CT molecular complexity index is 742. The van der Waals surface area contributed by atoms with Gasteiger partial charge in [-0.1, -0.05) is 18.2 Å². The monoisotopic (exact) mass is 362 g/mol. The van der Waals surface area contributed by atoms with Gasteiger partial charge in [0.2, 0.25) is 5.91 Å². The van der Waals surface area contributed by atoms with Crippen molar-refractivity contribution in [3.8, 4) is 0 Å². The number of piperazine rings is 1. The van der Waals surface area contributed by atoms with Crippen molar-refractivity contribution in [1.82, 2.24) is 15.2 Å². The van der Waals surface area contributed by atoms with Gasteiger partial charge in [-0.25, -0.2) is 0 Å². The Morgan fingerprint density at radius 1 is 1.36 bits per heavy atom. The fourth-order valence-electron chi connectivity index (χ4n) is 2.93. The van der Waals surface area contributed by atoms with E-state index in [1.165, 1.54) is 12.1 Å². The van der Waals surface area contributed by atoms with Crippen LogP contribution in [-0.4, -0.2) is 40.3 Å². The van der Waals surface area contributed by atoms with E-state index in [0.717, 1.165) is 12.1 Å². The van der Waals surface area contributed by atoms with Crippen LogP contribution in [0.3, 0.4) is 0 Å². The summed E-state index contributed by atoms with van der Waals surface area (Å²) >= 11 is 0. The van der Waals surface area contributed by atoms with Crippen molar-refractivity contribution in [2.24, 2.45) is 0 Å². The summed E-state index contributed by atoms with van der Waals surface area (Å²) in [6.07, 6.45) is 3.62. The van der Waals surface area contributed by atoms with Crippen LogP contribution < -0.4 is 5.32 Å². The lowest BCUT2D eigenvalue weighted by atomic mass is 10.0. The Hall–Kier alpha value is -2.51. The minimum absolute atomic E-state index is 0. The van der Waals surface area contributed by atoms with Crippen molar-refractivity contribution in [1.29, 1.82) is 0 Å². The van der Waals surface area contributed by atoms with E-state index < -0.39 is 4.92 Å². The molecule has 0 saturated carbocycles. The second-order valence-corrected chi connectivity index (χ2v) is 5.70. The average molecular weight is 363 g/mol. The molecular formula is C17H19ClN4O3. The highest BCUT2D eigenvalue weighted by Crippen LogP contribution is 2.23. The van der Waals surface area contributed by atoms with E-state index in [-0.39, 0.29) is 36.5 Å². The average Bonchev–Trinajstić information content (AvgIpc) is 2.62. The van der Waals surface area contributed by atoms with Crippen molar-refractivity contribution in [3.63, 3.8) is 0 Å². The first kappa shape index (κ1) is 18.8. The molecule has 3 rings (SSSR count). The van der Waals surface area contributed by atoms with Gasteiger partial charge in [0.1, 0.15) is 0 Å². The molecule has 25 heavy (non-hydrogen) atoms. The van der Waals surface area contributed by atoms with Crippen molar-refractivity contribution in [2.45, 2.75) is 12.5 Å². The minimum Gasteiger partial charge on any atom is -0.333 e. The van der Waals surface area contributed by atoms with Gasteiger partial charge in [-0.2, -0.15) is 0 Å². The van der Waals surface area contributed by atoms with Gasteiger partial charge in [-0.15, -0.1) is 12.4 Å². The summed E-state index contributed by atoms with van der Waals surface area (Å²) in [6, 6.07) is 9.98. The quantitative estimate of drug-likeness (QED) is 0.664. The number of hydrogen-bond acceptors (Lipinski definition) is 5. The van der Waals surface area contributed by atoms with Crippen molar-refractivity contribution >= 4 is 24.0 Å². The third kappa shape index (κ3) is 4.52. The molecule has 1 amide bonds. The van der Waals surface area contributed by atoms with Crippen LogP contribution in [0.4, 0.5) is 5.69 Å². The normalized spacial score (nSPS) is 16.8. The number of nitro groups is 1. The van der Waals surface area contributed by atoms with Crippen LogP contribution in [0.2, 0.25) is 0 Å². The fourth-order valence-corrected chi connectivity index (χ4v) is 2.93. The summed E-state index contributed by atoms with van der Waals surface area (Å²) < 4.78 is 0. The highest BCUT2D eigenvalue weighted by molar-refractivity contribution is 5.85. The number of hydrogen-bond donors (Lipinski definition) is 1. The van der Waals surface area contributed by atoms with E-state index in [1.807, 2.05) is 17.0 Å². The summed E-state index contributed by atoms with van der Waals surface area (Å²) in [7, 11) is 0. The number of halogens is 1. The number of carbonyl (C=O) groups excluding carboxylic acids is 1. The van der Waals surface area contributed by atoms with E-state index >= 15 is 0 Å². The van der Waals surface area contributed by atoms with Gasteiger partial charge in [0.25, 0.3) is 5.69 Å². The van der Waals surface area contributed by atoms with Gasteiger partial charge < -0.3 is 10.2 Å². The molecule has 1 unspecified atom stereocenters. The second-order valence-electron chi connectivity index (χ2n) is 5.70. The summed E-state index contributed by atoms with van der Waals surface area (Å²) in [6.45, 7) is 2.01. The maximum Gasteiger partial charge on any atom is 0.269 e. The number of nitrogens with zero attached hydrogens (tertiary/aromatic N) is 3. The zero-order valence-electron chi connectivity index (χ0n) is 13.5. The molecule has 1 fully saturated rings. The van der Waals surface area contributed by atoms with Crippen LogP contribution in [0.1, 0.15) is 17.2 Å². The largest absolute Gasteiger partial charge is 0.333 e. The zero-order valence-corrected chi connectivity index (χ0v) is 14.3. The van der Waals surface area contributed by atoms with Crippen LogP contribution >= 0.6 is 12.4 Å². The number of carbonyl (C=O) groups is 1. The lowest BCUT2D eigenvalue weighted by molar-refractivity contribution is -0.384.